The molecular formula is C12H24INO3. The fraction of sp³-hybridized carbons (Fsp3) is 0.917. The van der Waals surface area contributed by atoms with Gasteiger partial charge in [0.25, 0.3) is 0 Å². The molecule has 2 atom stereocenters. The van der Waals surface area contributed by atoms with E-state index < -0.39 is 12.0 Å². The minimum atomic E-state index is -0.810. The Morgan fingerprint density at radius 2 is 2.00 bits per heavy atom. The number of ether oxygens (including phenoxy) is 1. The van der Waals surface area contributed by atoms with Gasteiger partial charge in [0.05, 0.1) is 6.61 Å². The minimum absolute atomic E-state index is 0.266. The first-order valence-electron chi connectivity index (χ1n) is 5.99. The summed E-state index contributed by atoms with van der Waals surface area (Å²) in [7, 11) is 1.84. The van der Waals surface area contributed by atoms with Crippen molar-refractivity contribution >= 4 is 28.6 Å². The fourth-order valence-corrected chi connectivity index (χ4v) is 1.79. The smallest absolute Gasteiger partial charge is 0.323 e. The van der Waals surface area contributed by atoms with Crippen LogP contribution in [0.1, 0.15) is 27.2 Å². The molecule has 0 aliphatic heterocycles. The highest BCUT2D eigenvalue weighted by molar-refractivity contribution is 14.1. The highest BCUT2D eigenvalue weighted by atomic mass is 127. The maximum atomic E-state index is 11.1. The molecule has 0 aromatic rings. The zero-order valence-corrected chi connectivity index (χ0v) is 13.3. The van der Waals surface area contributed by atoms with Crippen LogP contribution in [-0.4, -0.2) is 52.7 Å². The standard InChI is InChI=1S/C12H24INO3/c1-9(2)7-14(4)11(12(15)16)8-17-6-5-10(3)13/h9-11H,5-8H2,1-4H3,(H,15,16). The molecule has 4 nitrogen and oxygen atoms in total. The van der Waals surface area contributed by atoms with Crippen molar-refractivity contribution < 1.29 is 14.6 Å². The van der Waals surface area contributed by atoms with Crippen molar-refractivity contribution in [2.45, 2.75) is 37.2 Å². The number of likely N-dealkylation sites (N-methyl/N-ethyl adjacent to an activating group) is 1. The maximum Gasteiger partial charge on any atom is 0.323 e. The van der Waals surface area contributed by atoms with E-state index in [4.69, 9.17) is 9.84 Å². The predicted octanol–water partition coefficient (Wildman–Crippen LogP) is 2.26. The third-order valence-electron chi connectivity index (χ3n) is 2.41. The number of carboxylic acid groups (broad SMARTS) is 1. The maximum absolute atomic E-state index is 11.1. The molecule has 0 aliphatic rings. The average molecular weight is 357 g/mol. The molecule has 0 aliphatic carbocycles. The zero-order valence-electron chi connectivity index (χ0n) is 11.1. The molecule has 17 heavy (non-hydrogen) atoms. The molecule has 0 heterocycles. The van der Waals surface area contributed by atoms with Gasteiger partial charge < -0.3 is 9.84 Å². The van der Waals surface area contributed by atoms with Crippen molar-refractivity contribution in [2.24, 2.45) is 5.92 Å². The van der Waals surface area contributed by atoms with Crippen LogP contribution in [0.3, 0.4) is 0 Å². The Morgan fingerprint density at radius 3 is 2.41 bits per heavy atom. The number of halogens is 1. The number of alkyl halides is 1. The van der Waals surface area contributed by atoms with Gasteiger partial charge in [0.1, 0.15) is 6.04 Å². The topological polar surface area (TPSA) is 49.8 Å². The molecule has 0 saturated heterocycles. The number of hydrogen-bond donors (Lipinski definition) is 1. The molecule has 0 aromatic carbocycles. The molecule has 0 amide bonds. The summed E-state index contributed by atoms with van der Waals surface area (Å²) in [5.74, 6) is -0.355. The molecule has 0 aromatic heterocycles. The summed E-state index contributed by atoms with van der Waals surface area (Å²) >= 11 is 2.34. The van der Waals surface area contributed by atoms with Gasteiger partial charge in [-0.25, -0.2) is 0 Å². The van der Waals surface area contributed by atoms with Gasteiger partial charge in [-0.05, 0) is 19.4 Å². The highest BCUT2D eigenvalue weighted by Crippen LogP contribution is 2.06. The summed E-state index contributed by atoms with van der Waals surface area (Å²) in [5.41, 5.74) is 0. The first-order chi connectivity index (χ1) is 7.84. The number of nitrogens with zero attached hydrogens (tertiary/aromatic N) is 1. The van der Waals surface area contributed by atoms with Crippen molar-refractivity contribution in [2.75, 3.05) is 26.8 Å². The van der Waals surface area contributed by atoms with E-state index in [0.717, 1.165) is 13.0 Å². The number of rotatable bonds is 9. The van der Waals surface area contributed by atoms with Crippen LogP contribution in [0.25, 0.3) is 0 Å². The molecule has 0 rings (SSSR count). The number of carboxylic acids is 1. The lowest BCUT2D eigenvalue weighted by Crippen LogP contribution is -2.43. The van der Waals surface area contributed by atoms with Crippen LogP contribution in [0.5, 0.6) is 0 Å². The van der Waals surface area contributed by atoms with Crippen molar-refractivity contribution in [1.29, 1.82) is 0 Å². The summed E-state index contributed by atoms with van der Waals surface area (Å²) in [6, 6.07) is -0.540. The van der Waals surface area contributed by atoms with E-state index in [9.17, 15) is 4.79 Å². The first-order valence-corrected chi connectivity index (χ1v) is 7.24. The molecule has 0 bridgehead atoms. The van der Waals surface area contributed by atoms with Gasteiger partial charge in [-0.2, -0.15) is 0 Å². The molecule has 2 unspecified atom stereocenters. The largest absolute Gasteiger partial charge is 0.480 e. The van der Waals surface area contributed by atoms with Gasteiger partial charge in [-0.3, -0.25) is 9.69 Å². The minimum Gasteiger partial charge on any atom is -0.480 e. The Hall–Kier alpha value is 0.120. The van der Waals surface area contributed by atoms with Crippen LogP contribution in [-0.2, 0) is 9.53 Å². The Kier molecular flexibility index (Phi) is 9.17. The number of carbonyl (C=O) groups is 1. The van der Waals surface area contributed by atoms with Gasteiger partial charge in [0, 0.05) is 17.1 Å². The van der Waals surface area contributed by atoms with E-state index in [-0.39, 0.29) is 6.61 Å². The Labute approximate surface area is 118 Å². The molecule has 0 saturated carbocycles. The molecule has 102 valence electrons. The third-order valence-corrected chi connectivity index (χ3v) is 3.03. The van der Waals surface area contributed by atoms with E-state index in [0.29, 0.717) is 16.4 Å². The Balaban J connectivity index is 4.02. The second-order valence-electron chi connectivity index (χ2n) is 4.83. The van der Waals surface area contributed by atoms with Gasteiger partial charge in [-0.1, -0.05) is 43.4 Å². The van der Waals surface area contributed by atoms with E-state index in [1.807, 2.05) is 11.9 Å². The lowest BCUT2D eigenvalue weighted by atomic mass is 10.2. The predicted molar refractivity (Wildman–Crippen MR) is 77.8 cm³/mol. The number of hydrogen-bond acceptors (Lipinski definition) is 3. The van der Waals surface area contributed by atoms with Gasteiger partial charge in [0.15, 0.2) is 0 Å². The summed E-state index contributed by atoms with van der Waals surface area (Å²) < 4.78 is 6.00. The quantitative estimate of drug-likeness (QED) is 0.391. The molecule has 1 N–H and O–H groups in total. The van der Waals surface area contributed by atoms with Crippen LogP contribution in [0.15, 0.2) is 0 Å². The number of aliphatic carboxylic acids is 1. The van der Waals surface area contributed by atoms with E-state index >= 15 is 0 Å². The molecule has 5 heteroatoms. The second kappa shape index (κ2) is 9.10. The van der Waals surface area contributed by atoms with Gasteiger partial charge in [0.2, 0.25) is 0 Å². The molecule has 0 fully saturated rings. The highest BCUT2D eigenvalue weighted by Gasteiger charge is 2.23. The molecule has 0 spiro atoms. The normalized spacial score (nSPS) is 15.2. The van der Waals surface area contributed by atoms with E-state index in [1.54, 1.807) is 0 Å². The van der Waals surface area contributed by atoms with Crippen LogP contribution in [0.4, 0.5) is 0 Å². The summed E-state index contributed by atoms with van der Waals surface area (Å²) in [6.45, 7) is 7.93. The monoisotopic (exact) mass is 357 g/mol. The van der Waals surface area contributed by atoms with Crippen LogP contribution in [0.2, 0.25) is 0 Å². The van der Waals surface area contributed by atoms with Crippen LogP contribution >= 0.6 is 22.6 Å². The van der Waals surface area contributed by atoms with Crippen molar-refractivity contribution in [1.82, 2.24) is 4.90 Å². The summed E-state index contributed by atoms with van der Waals surface area (Å²) in [4.78, 5) is 13.0. The van der Waals surface area contributed by atoms with Crippen LogP contribution in [0, 0.1) is 5.92 Å². The van der Waals surface area contributed by atoms with E-state index in [2.05, 4.69) is 43.4 Å². The van der Waals surface area contributed by atoms with Crippen molar-refractivity contribution in [3.05, 3.63) is 0 Å². The third kappa shape index (κ3) is 8.79. The summed E-state index contributed by atoms with van der Waals surface area (Å²) in [6.07, 6.45) is 0.959. The summed E-state index contributed by atoms with van der Waals surface area (Å²) in [5, 5.41) is 9.14. The lowest BCUT2D eigenvalue weighted by molar-refractivity contribution is -0.145. The second-order valence-corrected chi connectivity index (χ2v) is 6.96. The van der Waals surface area contributed by atoms with E-state index in [1.165, 1.54) is 0 Å². The fourth-order valence-electron chi connectivity index (χ4n) is 1.53. The van der Waals surface area contributed by atoms with Crippen molar-refractivity contribution in [3.63, 3.8) is 0 Å². The Morgan fingerprint density at radius 1 is 1.41 bits per heavy atom. The van der Waals surface area contributed by atoms with Crippen LogP contribution < -0.4 is 0 Å². The first kappa shape index (κ1) is 17.1. The Bertz CT molecular complexity index is 222. The van der Waals surface area contributed by atoms with Crippen molar-refractivity contribution in [3.8, 4) is 0 Å². The molecular weight excluding hydrogens is 333 g/mol. The molecule has 0 radical (unpaired) electrons. The van der Waals surface area contributed by atoms with Gasteiger partial charge in [-0.15, -0.1) is 0 Å². The SMILES string of the molecule is CC(C)CN(C)C(COCCC(C)I)C(=O)O. The lowest BCUT2D eigenvalue weighted by Gasteiger charge is -2.26. The van der Waals surface area contributed by atoms with Gasteiger partial charge >= 0.3 is 5.97 Å². The zero-order chi connectivity index (χ0) is 13.4. The average Bonchev–Trinajstić information content (AvgIpc) is 2.14.